The quantitative estimate of drug-likeness (QED) is 0.240. The molecule has 5 heteroatoms. The van der Waals surface area contributed by atoms with Crippen molar-refractivity contribution in [3.05, 3.63) is 113 Å². The van der Waals surface area contributed by atoms with Crippen molar-refractivity contribution in [3.8, 4) is 5.75 Å². The van der Waals surface area contributed by atoms with Crippen molar-refractivity contribution >= 4 is 0 Å². The molecule has 0 saturated carbocycles. The molecule has 1 N–H and O–H groups in total. The van der Waals surface area contributed by atoms with E-state index in [-0.39, 0.29) is 5.75 Å². The minimum absolute atomic E-state index is 0.169. The first-order chi connectivity index (χ1) is 21.6. The maximum Gasteiger partial charge on any atom is 0.573 e. The second kappa shape index (κ2) is 32.2. The van der Waals surface area contributed by atoms with Gasteiger partial charge in [0.05, 0.1) is 0 Å². The monoisotopic (exact) mass is 631 g/mol. The van der Waals surface area contributed by atoms with Crippen LogP contribution in [0.1, 0.15) is 131 Å². The number of aryl methyl sites for hydroxylation is 2. The van der Waals surface area contributed by atoms with E-state index in [0.717, 1.165) is 31.2 Å². The molecule has 2 nitrogen and oxygen atoms in total. The van der Waals surface area contributed by atoms with E-state index in [1.54, 1.807) is 12.1 Å². The van der Waals surface area contributed by atoms with Crippen LogP contribution in [0, 0.1) is 0 Å². The standard InChI is InChI=1S/C13H19N.C10H11F3O.C8H10.C5H12.2C2H6/c1-4-11(2)10-14-12(3)13-8-6-5-7-9-13;1-2-3-8-4-6-9(7-5-8)14-10(11,12)13;1-2-8-6-4-3-5-7-8;1-3-5-4-2;2*1-2/h5-10,12,14H,4H2,1-3H3;4-7H,2-3H2,1H3;3-7H,2H2,1H3;3-5H2,1-2H3;2*1-2H3/b11-10+;;;;;. The molecule has 0 heterocycles. The molecule has 0 radical (unpaired) electrons. The number of rotatable bonds is 10. The lowest BCUT2D eigenvalue weighted by Gasteiger charge is -2.12. The van der Waals surface area contributed by atoms with Gasteiger partial charge in [0.25, 0.3) is 0 Å². The highest BCUT2D eigenvalue weighted by molar-refractivity contribution is 5.27. The van der Waals surface area contributed by atoms with Gasteiger partial charge in [-0.2, -0.15) is 0 Å². The van der Waals surface area contributed by atoms with Gasteiger partial charge in [0.1, 0.15) is 5.75 Å². The SMILES string of the molecule is CC.CC.CC/C(C)=C/NC(C)c1ccccc1.CCCCC.CCCc1ccc(OC(F)(F)F)cc1.CCc1ccccc1. The third-order valence-electron chi connectivity index (χ3n) is 6.09. The smallest absolute Gasteiger partial charge is 0.406 e. The van der Waals surface area contributed by atoms with Crippen LogP contribution < -0.4 is 10.1 Å². The van der Waals surface area contributed by atoms with E-state index >= 15 is 0 Å². The molecule has 3 aromatic carbocycles. The summed E-state index contributed by atoms with van der Waals surface area (Å²) in [5, 5.41) is 3.39. The molecule has 0 spiro atoms. The minimum atomic E-state index is -4.60. The Balaban J connectivity index is -0.000000532. The van der Waals surface area contributed by atoms with Crippen molar-refractivity contribution < 1.29 is 17.9 Å². The zero-order valence-corrected chi connectivity index (χ0v) is 30.2. The van der Waals surface area contributed by atoms with Crippen LogP contribution in [0.15, 0.2) is 96.7 Å². The van der Waals surface area contributed by atoms with Gasteiger partial charge >= 0.3 is 6.36 Å². The maximum absolute atomic E-state index is 11.8. The highest BCUT2D eigenvalue weighted by Crippen LogP contribution is 2.23. The van der Waals surface area contributed by atoms with Crippen LogP contribution in [-0.4, -0.2) is 6.36 Å². The topological polar surface area (TPSA) is 21.3 Å². The number of hydrogen-bond donors (Lipinski definition) is 1. The fraction of sp³-hybridized carbons (Fsp3) is 0.500. The lowest BCUT2D eigenvalue weighted by molar-refractivity contribution is -0.274. The van der Waals surface area contributed by atoms with Gasteiger partial charge in [-0.1, -0.05) is 166 Å². The second-order valence-electron chi connectivity index (χ2n) is 9.78. The van der Waals surface area contributed by atoms with Gasteiger partial charge in [-0.25, -0.2) is 0 Å². The summed E-state index contributed by atoms with van der Waals surface area (Å²) in [6.45, 7) is 23.1. The Bertz CT molecular complexity index is 1010. The van der Waals surface area contributed by atoms with Crippen molar-refractivity contribution in [2.75, 3.05) is 0 Å². The van der Waals surface area contributed by atoms with E-state index in [1.165, 1.54) is 48.1 Å². The van der Waals surface area contributed by atoms with Gasteiger partial charge in [-0.05, 0) is 68.1 Å². The van der Waals surface area contributed by atoms with Crippen LogP contribution in [0.3, 0.4) is 0 Å². The van der Waals surface area contributed by atoms with Gasteiger partial charge in [-0.3, -0.25) is 0 Å². The first kappa shape index (κ1) is 46.2. The molecule has 0 fully saturated rings. The van der Waals surface area contributed by atoms with E-state index in [9.17, 15) is 13.2 Å². The van der Waals surface area contributed by atoms with E-state index in [0.29, 0.717) is 6.04 Å². The van der Waals surface area contributed by atoms with E-state index in [4.69, 9.17) is 0 Å². The van der Waals surface area contributed by atoms with Gasteiger partial charge in [0, 0.05) is 6.04 Å². The number of unbranched alkanes of at least 4 members (excludes halogenated alkanes) is 2. The molecule has 45 heavy (non-hydrogen) atoms. The van der Waals surface area contributed by atoms with Gasteiger partial charge in [0.15, 0.2) is 0 Å². The first-order valence-electron chi connectivity index (χ1n) is 16.9. The Labute approximate surface area is 275 Å². The van der Waals surface area contributed by atoms with Crippen molar-refractivity contribution in [1.82, 2.24) is 5.32 Å². The van der Waals surface area contributed by atoms with E-state index in [1.807, 2.05) is 46.8 Å². The lowest BCUT2D eigenvalue weighted by atomic mass is 10.1. The highest BCUT2D eigenvalue weighted by atomic mass is 19.4. The van der Waals surface area contributed by atoms with Gasteiger partial charge in [-0.15, -0.1) is 13.2 Å². The molecule has 0 saturated heterocycles. The van der Waals surface area contributed by atoms with Crippen molar-refractivity contribution in [3.63, 3.8) is 0 Å². The summed E-state index contributed by atoms with van der Waals surface area (Å²) in [6.07, 6.45) is 5.66. The summed E-state index contributed by atoms with van der Waals surface area (Å²) in [5.74, 6) is -0.169. The fourth-order valence-corrected chi connectivity index (χ4v) is 3.42. The lowest BCUT2D eigenvalue weighted by Crippen LogP contribution is -2.16. The molecule has 0 bridgehead atoms. The molecule has 0 aromatic heterocycles. The summed E-state index contributed by atoms with van der Waals surface area (Å²) >= 11 is 0. The Morgan fingerprint density at radius 1 is 0.711 bits per heavy atom. The Hall–Kier alpha value is -3.21. The molecule has 256 valence electrons. The average molecular weight is 632 g/mol. The summed E-state index contributed by atoms with van der Waals surface area (Å²) in [4.78, 5) is 0. The molecule has 1 atom stereocenters. The summed E-state index contributed by atoms with van der Waals surface area (Å²) in [6, 6.07) is 27.3. The van der Waals surface area contributed by atoms with Gasteiger partial charge in [0.2, 0.25) is 0 Å². The molecule has 3 rings (SSSR count). The van der Waals surface area contributed by atoms with Crippen molar-refractivity contribution in [1.29, 1.82) is 0 Å². The number of alkyl halides is 3. The molecule has 0 aliphatic rings. The summed E-state index contributed by atoms with van der Waals surface area (Å²) < 4.78 is 39.0. The number of ether oxygens (including phenoxy) is 1. The largest absolute Gasteiger partial charge is 0.573 e. The zero-order chi connectivity index (χ0) is 34.9. The highest BCUT2D eigenvalue weighted by Gasteiger charge is 2.30. The molecular formula is C40H64F3NO. The van der Waals surface area contributed by atoms with Gasteiger partial charge < -0.3 is 10.1 Å². The normalized spacial score (nSPS) is 10.7. The molecule has 1 unspecified atom stereocenters. The van der Waals surface area contributed by atoms with Crippen molar-refractivity contribution in [2.45, 2.75) is 134 Å². The van der Waals surface area contributed by atoms with Crippen molar-refractivity contribution in [2.24, 2.45) is 0 Å². The fourth-order valence-electron chi connectivity index (χ4n) is 3.42. The summed E-state index contributed by atoms with van der Waals surface area (Å²) in [7, 11) is 0. The van der Waals surface area contributed by atoms with Crippen LogP contribution in [0.25, 0.3) is 0 Å². The first-order valence-corrected chi connectivity index (χ1v) is 16.9. The number of nitrogens with one attached hydrogen (secondary N) is 1. The van der Waals surface area contributed by atoms with Crippen LogP contribution >= 0.6 is 0 Å². The Morgan fingerprint density at radius 2 is 1.20 bits per heavy atom. The maximum atomic E-state index is 11.8. The van der Waals surface area contributed by atoms with E-state index < -0.39 is 6.36 Å². The van der Waals surface area contributed by atoms with Crippen LogP contribution in [0.2, 0.25) is 0 Å². The third-order valence-corrected chi connectivity index (χ3v) is 6.09. The average Bonchev–Trinajstić information content (AvgIpc) is 3.07. The Kier molecular flexibility index (Phi) is 33.1. The Morgan fingerprint density at radius 3 is 1.56 bits per heavy atom. The number of hydrogen-bond acceptors (Lipinski definition) is 2. The van der Waals surface area contributed by atoms with Crippen LogP contribution in [0.4, 0.5) is 13.2 Å². The zero-order valence-electron chi connectivity index (χ0n) is 30.2. The molecule has 0 aliphatic heterocycles. The minimum Gasteiger partial charge on any atom is -0.406 e. The second-order valence-corrected chi connectivity index (χ2v) is 9.78. The number of halogens is 3. The summed E-state index contributed by atoms with van der Waals surface area (Å²) in [5.41, 5.74) is 5.13. The number of benzene rings is 3. The molecular weight excluding hydrogens is 567 g/mol. The molecule has 3 aromatic rings. The molecule has 0 amide bonds. The van der Waals surface area contributed by atoms with E-state index in [2.05, 4.69) is 106 Å². The predicted octanol–water partition coefficient (Wildman–Crippen LogP) is 13.7. The van der Waals surface area contributed by atoms with Crippen LogP contribution in [0.5, 0.6) is 5.75 Å². The predicted molar refractivity (Wildman–Crippen MR) is 193 cm³/mol. The van der Waals surface area contributed by atoms with Crippen LogP contribution in [-0.2, 0) is 12.8 Å². The molecule has 0 aliphatic carbocycles. The number of allylic oxidation sites excluding steroid dienone is 1. The third kappa shape index (κ3) is 29.3.